The van der Waals surface area contributed by atoms with Gasteiger partial charge in [0.1, 0.15) is 5.25 Å². The van der Waals surface area contributed by atoms with Crippen molar-refractivity contribution in [3.8, 4) is 0 Å². The molecule has 0 aliphatic rings. The highest BCUT2D eigenvalue weighted by atomic mass is 32.2. The van der Waals surface area contributed by atoms with Crippen molar-refractivity contribution < 1.29 is 17.9 Å². The largest absolute Gasteiger partial charge is 0.392 e. The van der Waals surface area contributed by atoms with Gasteiger partial charge in [-0.15, -0.1) is 0 Å². The van der Waals surface area contributed by atoms with E-state index in [1.807, 2.05) is 0 Å². The van der Waals surface area contributed by atoms with Gasteiger partial charge < -0.3 is 15.2 Å². The summed E-state index contributed by atoms with van der Waals surface area (Å²) >= 11 is 4.82. The molecule has 0 saturated heterocycles. The van der Waals surface area contributed by atoms with E-state index in [1.54, 1.807) is 6.92 Å². The smallest absolute Gasteiger partial charge is 0.223 e. The Morgan fingerprint density at radius 3 is 2.00 bits per heavy atom. The summed E-state index contributed by atoms with van der Waals surface area (Å²) in [5, 5.41) is -0.832. The second-order valence-corrected chi connectivity index (χ2v) is 6.32. The van der Waals surface area contributed by atoms with Crippen LogP contribution in [0.3, 0.4) is 0 Å². The van der Waals surface area contributed by atoms with Crippen molar-refractivity contribution >= 4 is 27.2 Å². The lowest BCUT2D eigenvalue weighted by molar-refractivity contribution is 0.150. The van der Waals surface area contributed by atoms with Gasteiger partial charge in [0.15, 0.2) is 0 Å². The van der Waals surface area contributed by atoms with E-state index in [9.17, 15) is 8.42 Å². The summed E-state index contributed by atoms with van der Waals surface area (Å²) in [4.78, 5) is -0.00247. The molecule has 0 radical (unpaired) electrons. The van der Waals surface area contributed by atoms with E-state index in [0.717, 1.165) is 0 Å². The van der Waals surface area contributed by atoms with Gasteiger partial charge in [-0.3, -0.25) is 0 Å². The van der Waals surface area contributed by atoms with Crippen LogP contribution < -0.4 is 5.73 Å². The lowest BCUT2D eigenvalue weighted by Crippen LogP contribution is -2.46. The Morgan fingerprint density at radius 2 is 1.72 bits per heavy atom. The number of nitrogens with two attached hydrogens (primary N) is 1. The molecule has 1 atom stereocenters. The summed E-state index contributed by atoms with van der Waals surface area (Å²) in [5.74, 6) is 0. The molecule has 108 valence electrons. The van der Waals surface area contributed by atoms with Crippen molar-refractivity contribution in [2.75, 3.05) is 40.5 Å². The Kier molecular flexibility index (Phi) is 8.62. The maximum Gasteiger partial charge on any atom is 0.223 e. The Morgan fingerprint density at radius 1 is 1.28 bits per heavy atom. The van der Waals surface area contributed by atoms with Crippen LogP contribution >= 0.6 is 12.2 Å². The molecule has 0 aromatic rings. The van der Waals surface area contributed by atoms with Crippen LogP contribution in [-0.4, -0.2) is 63.5 Å². The summed E-state index contributed by atoms with van der Waals surface area (Å²) in [6.07, 6.45) is 0.355. The van der Waals surface area contributed by atoms with Crippen molar-refractivity contribution in [1.29, 1.82) is 0 Å². The molecule has 0 heterocycles. The summed E-state index contributed by atoms with van der Waals surface area (Å²) < 4.78 is 35.9. The minimum absolute atomic E-state index is 0.00247. The van der Waals surface area contributed by atoms with Crippen molar-refractivity contribution in [2.24, 2.45) is 5.73 Å². The maximum absolute atomic E-state index is 12.4. The minimum atomic E-state index is -3.55. The highest BCUT2D eigenvalue weighted by Crippen LogP contribution is 2.13. The van der Waals surface area contributed by atoms with Gasteiger partial charge in [-0.1, -0.05) is 19.1 Å². The van der Waals surface area contributed by atoms with Crippen LogP contribution in [0, 0.1) is 0 Å². The number of nitrogens with zero attached hydrogens (tertiary/aromatic N) is 1. The van der Waals surface area contributed by atoms with E-state index in [1.165, 1.54) is 18.5 Å². The Bertz CT molecular complexity index is 338. The molecular weight excluding hydrogens is 276 g/mol. The predicted molar refractivity (Wildman–Crippen MR) is 75.1 cm³/mol. The molecule has 18 heavy (non-hydrogen) atoms. The molecule has 0 aromatic heterocycles. The second kappa shape index (κ2) is 8.76. The fourth-order valence-electron chi connectivity index (χ4n) is 1.49. The molecule has 8 heteroatoms. The van der Waals surface area contributed by atoms with Crippen molar-refractivity contribution in [1.82, 2.24) is 4.31 Å². The Balaban J connectivity index is 4.97. The minimum Gasteiger partial charge on any atom is -0.392 e. The zero-order valence-electron chi connectivity index (χ0n) is 11.1. The first-order valence-electron chi connectivity index (χ1n) is 5.67. The highest BCUT2D eigenvalue weighted by Gasteiger charge is 2.32. The van der Waals surface area contributed by atoms with E-state index < -0.39 is 15.3 Å². The Labute approximate surface area is 114 Å². The summed E-state index contributed by atoms with van der Waals surface area (Å²) in [5.41, 5.74) is 5.49. The van der Waals surface area contributed by atoms with Gasteiger partial charge in [0.05, 0.1) is 18.2 Å². The van der Waals surface area contributed by atoms with Crippen molar-refractivity contribution in [3.05, 3.63) is 0 Å². The van der Waals surface area contributed by atoms with Crippen LogP contribution in [0.25, 0.3) is 0 Å². The molecular formula is C10H22N2O4S2. The van der Waals surface area contributed by atoms with Gasteiger partial charge in [0.25, 0.3) is 0 Å². The van der Waals surface area contributed by atoms with Crippen molar-refractivity contribution in [3.63, 3.8) is 0 Å². The third-order valence-electron chi connectivity index (χ3n) is 2.50. The average Bonchev–Trinajstić information content (AvgIpc) is 2.28. The van der Waals surface area contributed by atoms with Crippen LogP contribution in [0.4, 0.5) is 0 Å². The van der Waals surface area contributed by atoms with Crippen LogP contribution in [0.2, 0.25) is 0 Å². The number of rotatable bonds is 10. The number of hydrogen-bond acceptors (Lipinski definition) is 5. The molecule has 0 saturated carbocycles. The number of hydrogen-bond donors (Lipinski definition) is 1. The average molecular weight is 298 g/mol. The normalized spacial score (nSPS) is 13.8. The zero-order chi connectivity index (χ0) is 14.2. The quantitative estimate of drug-likeness (QED) is 0.571. The summed E-state index contributed by atoms with van der Waals surface area (Å²) in [6.45, 7) is 2.90. The monoisotopic (exact) mass is 298 g/mol. The van der Waals surface area contributed by atoms with Gasteiger partial charge in [0, 0.05) is 27.3 Å². The zero-order valence-corrected chi connectivity index (χ0v) is 12.7. The fraction of sp³-hybridized carbons (Fsp3) is 0.900. The summed E-state index contributed by atoms with van der Waals surface area (Å²) in [7, 11) is -0.510. The van der Waals surface area contributed by atoms with Crippen LogP contribution in [0.5, 0.6) is 0 Å². The first-order valence-corrected chi connectivity index (χ1v) is 7.59. The lowest BCUT2D eigenvalue weighted by atomic mass is 10.3. The Hall–Kier alpha value is -0.280. The van der Waals surface area contributed by atoms with Gasteiger partial charge in [-0.05, 0) is 6.42 Å². The number of thiocarbonyl (C=S) groups is 1. The SMILES string of the molecule is CCC(C(N)=S)S(=O)(=O)N(CCOC)CCOC. The second-order valence-electron chi connectivity index (χ2n) is 3.73. The van der Waals surface area contributed by atoms with Gasteiger partial charge in [0.2, 0.25) is 10.0 Å². The third kappa shape index (κ3) is 5.15. The molecule has 6 nitrogen and oxygen atoms in total. The number of ether oxygens (including phenoxy) is 2. The maximum atomic E-state index is 12.4. The first kappa shape index (κ1) is 17.7. The van der Waals surface area contributed by atoms with Crippen LogP contribution in [0.1, 0.15) is 13.3 Å². The molecule has 0 amide bonds. The molecule has 0 rings (SSSR count). The topological polar surface area (TPSA) is 81.9 Å². The van der Waals surface area contributed by atoms with E-state index >= 15 is 0 Å². The molecule has 0 fully saturated rings. The number of sulfonamides is 1. The summed E-state index contributed by atoms with van der Waals surface area (Å²) in [6, 6.07) is 0. The predicted octanol–water partition coefficient (Wildman–Crippen LogP) is -0.0243. The van der Waals surface area contributed by atoms with Crippen LogP contribution in [-0.2, 0) is 19.5 Å². The van der Waals surface area contributed by atoms with Gasteiger partial charge >= 0.3 is 0 Å². The molecule has 0 bridgehead atoms. The fourth-order valence-corrected chi connectivity index (χ4v) is 3.76. The highest BCUT2D eigenvalue weighted by molar-refractivity contribution is 7.92. The van der Waals surface area contributed by atoms with E-state index in [4.69, 9.17) is 27.4 Å². The molecule has 0 aliphatic heterocycles. The van der Waals surface area contributed by atoms with Crippen LogP contribution in [0.15, 0.2) is 0 Å². The van der Waals surface area contributed by atoms with Gasteiger partial charge in [-0.2, -0.15) is 4.31 Å². The van der Waals surface area contributed by atoms with Gasteiger partial charge in [-0.25, -0.2) is 8.42 Å². The molecule has 0 aromatic carbocycles. The third-order valence-corrected chi connectivity index (χ3v) is 5.32. The van der Waals surface area contributed by atoms with E-state index in [2.05, 4.69) is 0 Å². The molecule has 0 aliphatic carbocycles. The van der Waals surface area contributed by atoms with E-state index in [-0.39, 0.29) is 18.1 Å². The van der Waals surface area contributed by atoms with E-state index in [0.29, 0.717) is 19.6 Å². The lowest BCUT2D eigenvalue weighted by Gasteiger charge is -2.26. The standard InChI is InChI=1S/C10H22N2O4S2/c1-4-9(10(11)17)18(13,14)12(5-7-15-2)6-8-16-3/h9H,4-8H2,1-3H3,(H2,11,17). The molecule has 2 N–H and O–H groups in total. The number of methoxy groups -OCH3 is 2. The van der Waals surface area contributed by atoms with Crippen molar-refractivity contribution in [2.45, 2.75) is 18.6 Å². The first-order chi connectivity index (χ1) is 8.41. The molecule has 0 spiro atoms. The molecule has 1 unspecified atom stereocenters.